The Morgan fingerprint density at radius 3 is 2.83 bits per heavy atom. The smallest absolute Gasteiger partial charge is 0.338 e. The van der Waals surface area contributed by atoms with Gasteiger partial charge in [-0.25, -0.2) is 9.59 Å². The molecule has 0 spiro atoms. The topological polar surface area (TPSA) is 78.4 Å². The number of aromatic carboxylic acids is 1. The van der Waals surface area contributed by atoms with Gasteiger partial charge in [0.2, 0.25) is 0 Å². The molecule has 5 nitrogen and oxygen atoms in total. The van der Waals surface area contributed by atoms with E-state index >= 15 is 0 Å². The van der Waals surface area contributed by atoms with Crippen molar-refractivity contribution in [3.05, 3.63) is 17.0 Å². The van der Waals surface area contributed by atoms with Crippen LogP contribution >= 0.6 is 23.1 Å². The summed E-state index contributed by atoms with van der Waals surface area (Å²) < 4.78 is 0.197. The second kappa shape index (κ2) is 5.19. The average Bonchev–Trinajstić information content (AvgIpc) is 2.98. The molecule has 2 amide bonds. The number of urea groups is 1. The van der Waals surface area contributed by atoms with E-state index < -0.39 is 5.97 Å². The molecule has 1 heterocycles. The number of thioether (sulfide) groups is 1. The van der Waals surface area contributed by atoms with Crippen LogP contribution in [-0.4, -0.2) is 34.7 Å². The third-order valence-electron chi connectivity index (χ3n) is 2.93. The fourth-order valence-electron chi connectivity index (χ4n) is 1.56. The molecule has 0 aliphatic heterocycles. The maximum Gasteiger partial charge on any atom is 0.338 e. The predicted molar refractivity (Wildman–Crippen MR) is 73.8 cm³/mol. The Bertz CT molecular complexity index is 469. The first-order valence-electron chi connectivity index (χ1n) is 5.47. The van der Waals surface area contributed by atoms with Gasteiger partial charge in [0.25, 0.3) is 0 Å². The Morgan fingerprint density at radius 1 is 1.56 bits per heavy atom. The summed E-state index contributed by atoms with van der Waals surface area (Å²) in [5, 5.41) is 16.3. The summed E-state index contributed by atoms with van der Waals surface area (Å²) in [6.45, 7) is 0.619. The highest BCUT2D eigenvalue weighted by atomic mass is 32.2. The van der Waals surface area contributed by atoms with E-state index in [9.17, 15) is 9.59 Å². The van der Waals surface area contributed by atoms with Crippen LogP contribution in [0, 0.1) is 0 Å². The fourth-order valence-corrected chi connectivity index (χ4v) is 3.06. The van der Waals surface area contributed by atoms with Crippen LogP contribution in [0.1, 0.15) is 23.2 Å². The van der Waals surface area contributed by atoms with Crippen LogP contribution in [0.4, 0.5) is 9.80 Å². The Morgan fingerprint density at radius 2 is 2.28 bits per heavy atom. The molecule has 2 rings (SSSR count). The van der Waals surface area contributed by atoms with E-state index in [4.69, 9.17) is 5.11 Å². The van der Waals surface area contributed by atoms with Crippen LogP contribution in [0.3, 0.4) is 0 Å². The van der Waals surface area contributed by atoms with Gasteiger partial charge in [0.05, 0.1) is 5.56 Å². The van der Waals surface area contributed by atoms with Crippen LogP contribution in [0.15, 0.2) is 11.4 Å². The van der Waals surface area contributed by atoms with E-state index in [0.717, 1.165) is 12.8 Å². The molecule has 0 radical (unpaired) electrons. The zero-order valence-corrected chi connectivity index (χ0v) is 11.5. The molecule has 0 atom stereocenters. The van der Waals surface area contributed by atoms with Crippen LogP contribution in [0.25, 0.3) is 0 Å². The number of carbonyl (C=O) groups excluding carboxylic acids is 1. The first-order valence-corrected chi connectivity index (χ1v) is 7.57. The van der Waals surface area contributed by atoms with Gasteiger partial charge in [-0.2, -0.15) is 11.8 Å². The standard InChI is InChI=1S/C11H14N2O3S2/c1-17-11(3-4-11)6-12-10(16)13-8-7(9(14)15)2-5-18-8/h2,5H,3-4,6H2,1H3,(H,14,15)(H2,12,13,16). The van der Waals surface area contributed by atoms with E-state index in [0.29, 0.717) is 11.5 Å². The van der Waals surface area contributed by atoms with Crippen molar-refractivity contribution in [2.75, 3.05) is 18.1 Å². The lowest BCUT2D eigenvalue weighted by Crippen LogP contribution is -2.35. The first-order chi connectivity index (χ1) is 8.56. The normalized spacial score (nSPS) is 16.1. The molecular weight excluding hydrogens is 272 g/mol. The molecule has 1 aromatic rings. The number of carboxylic acids is 1. The van der Waals surface area contributed by atoms with Crippen molar-refractivity contribution in [1.82, 2.24) is 5.32 Å². The van der Waals surface area contributed by atoms with E-state index in [1.807, 2.05) is 6.26 Å². The molecule has 1 fully saturated rings. The summed E-state index contributed by atoms with van der Waals surface area (Å²) in [7, 11) is 0. The number of thiophene rings is 1. The van der Waals surface area contributed by atoms with Crippen molar-refractivity contribution in [3.63, 3.8) is 0 Å². The quantitative estimate of drug-likeness (QED) is 0.777. The van der Waals surface area contributed by atoms with Gasteiger partial charge in [0.15, 0.2) is 0 Å². The van der Waals surface area contributed by atoms with Crippen LogP contribution in [-0.2, 0) is 0 Å². The Balaban J connectivity index is 1.87. The highest BCUT2D eigenvalue weighted by Gasteiger charge is 2.41. The lowest BCUT2D eigenvalue weighted by molar-refractivity contribution is 0.0698. The van der Waals surface area contributed by atoms with E-state index in [-0.39, 0.29) is 16.3 Å². The summed E-state index contributed by atoms with van der Waals surface area (Å²) in [5.74, 6) is -1.03. The number of carbonyl (C=O) groups is 2. The van der Waals surface area contributed by atoms with Crippen molar-refractivity contribution in [2.24, 2.45) is 0 Å². The second-order valence-electron chi connectivity index (χ2n) is 4.16. The molecule has 1 saturated carbocycles. The number of hydrogen-bond acceptors (Lipinski definition) is 4. The second-order valence-corrected chi connectivity index (χ2v) is 6.35. The minimum absolute atomic E-state index is 0.126. The highest BCUT2D eigenvalue weighted by Crippen LogP contribution is 2.46. The fraction of sp³-hybridized carbons (Fsp3) is 0.455. The van der Waals surface area contributed by atoms with Crippen molar-refractivity contribution in [1.29, 1.82) is 0 Å². The minimum atomic E-state index is -1.03. The first kappa shape index (κ1) is 13.2. The van der Waals surface area contributed by atoms with Crippen molar-refractivity contribution >= 4 is 40.1 Å². The van der Waals surface area contributed by atoms with Gasteiger partial charge in [-0.05, 0) is 30.5 Å². The van der Waals surface area contributed by atoms with Gasteiger partial charge in [-0.3, -0.25) is 5.32 Å². The summed E-state index contributed by atoms with van der Waals surface area (Å²) in [6.07, 6.45) is 4.27. The maximum absolute atomic E-state index is 11.7. The lowest BCUT2D eigenvalue weighted by Gasteiger charge is -2.13. The van der Waals surface area contributed by atoms with E-state index in [2.05, 4.69) is 10.6 Å². The van der Waals surface area contributed by atoms with Gasteiger partial charge in [0.1, 0.15) is 5.00 Å². The molecule has 3 N–H and O–H groups in total. The lowest BCUT2D eigenvalue weighted by atomic mass is 10.3. The zero-order valence-electron chi connectivity index (χ0n) is 9.86. The summed E-state index contributed by atoms with van der Waals surface area (Å²) in [4.78, 5) is 22.5. The number of amides is 2. The summed E-state index contributed by atoms with van der Waals surface area (Å²) >= 11 is 2.97. The van der Waals surface area contributed by atoms with E-state index in [1.54, 1.807) is 17.1 Å². The predicted octanol–water partition coefficient (Wildman–Crippen LogP) is 2.46. The molecule has 7 heteroatoms. The average molecular weight is 286 g/mol. The van der Waals surface area contributed by atoms with Gasteiger partial charge >= 0.3 is 12.0 Å². The molecule has 0 saturated heterocycles. The molecule has 1 aliphatic carbocycles. The van der Waals surface area contributed by atoms with Crippen molar-refractivity contribution in [3.8, 4) is 0 Å². The van der Waals surface area contributed by atoms with Gasteiger partial charge in [-0.15, -0.1) is 11.3 Å². The molecule has 1 aliphatic rings. The van der Waals surface area contributed by atoms with Gasteiger partial charge in [-0.1, -0.05) is 0 Å². The maximum atomic E-state index is 11.7. The summed E-state index contributed by atoms with van der Waals surface area (Å²) in [6, 6.07) is 1.13. The zero-order chi connectivity index (χ0) is 13.2. The van der Waals surface area contributed by atoms with Crippen molar-refractivity contribution < 1.29 is 14.7 Å². The molecular formula is C11H14N2O3S2. The molecule has 98 valence electrons. The number of hydrogen-bond donors (Lipinski definition) is 3. The number of nitrogens with one attached hydrogen (secondary N) is 2. The number of anilines is 1. The molecule has 0 aromatic carbocycles. The molecule has 0 unspecified atom stereocenters. The third-order valence-corrected chi connectivity index (χ3v) is 5.18. The minimum Gasteiger partial charge on any atom is -0.478 e. The highest BCUT2D eigenvalue weighted by molar-refractivity contribution is 8.00. The number of rotatable bonds is 5. The monoisotopic (exact) mass is 286 g/mol. The van der Waals surface area contributed by atoms with Crippen molar-refractivity contribution in [2.45, 2.75) is 17.6 Å². The van der Waals surface area contributed by atoms with Crippen LogP contribution < -0.4 is 10.6 Å². The molecule has 0 bridgehead atoms. The summed E-state index contributed by atoms with van der Waals surface area (Å²) in [5.41, 5.74) is 0.126. The van der Waals surface area contributed by atoms with Gasteiger partial charge in [0, 0.05) is 11.3 Å². The van der Waals surface area contributed by atoms with Crippen LogP contribution in [0.2, 0.25) is 0 Å². The largest absolute Gasteiger partial charge is 0.478 e. The number of carboxylic acid groups (broad SMARTS) is 1. The molecule has 1 aromatic heterocycles. The van der Waals surface area contributed by atoms with Crippen LogP contribution in [0.5, 0.6) is 0 Å². The van der Waals surface area contributed by atoms with Gasteiger partial charge < -0.3 is 10.4 Å². The molecule has 18 heavy (non-hydrogen) atoms. The SMILES string of the molecule is CSC1(CNC(=O)Nc2sccc2C(=O)O)CC1. The Labute approximate surface area is 113 Å². The Hall–Kier alpha value is -1.21. The third kappa shape index (κ3) is 2.97. The Kier molecular flexibility index (Phi) is 3.82. The van der Waals surface area contributed by atoms with E-state index in [1.165, 1.54) is 17.4 Å².